The van der Waals surface area contributed by atoms with Gasteiger partial charge in [-0.25, -0.2) is 4.79 Å². The molecule has 0 aliphatic carbocycles. The number of nitrogens with two attached hydrogens (primary N) is 4. The Hall–Kier alpha value is -3.79. The van der Waals surface area contributed by atoms with Crippen LogP contribution in [0.15, 0.2) is 0 Å². The van der Waals surface area contributed by atoms with Crippen molar-refractivity contribution in [3.63, 3.8) is 0 Å². The first kappa shape index (κ1) is 30.2. The molecule has 5 unspecified atom stereocenters. The van der Waals surface area contributed by atoms with Crippen LogP contribution in [0.5, 0.6) is 0 Å². The molecule has 0 aliphatic heterocycles. The van der Waals surface area contributed by atoms with E-state index in [1.807, 2.05) is 5.32 Å². The highest BCUT2D eigenvalue weighted by atomic mass is 16.4. The maximum Gasteiger partial charge on any atom is 0.328 e. The van der Waals surface area contributed by atoms with Gasteiger partial charge in [-0.05, 0) is 19.8 Å². The Morgan fingerprint density at radius 2 is 1.21 bits per heavy atom. The van der Waals surface area contributed by atoms with E-state index in [1.165, 1.54) is 0 Å². The third-order valence-electron chi connectivity index (χ3n) is 4.44. The number of amides is 6. The van der Waals surface area contributed by atoms with Crippen LogP contribution >= 0.6 is 0 Å². The van der Waals surface area contributed by atoms with Gasteiger partial charge < -0.3 is 49.1 Å². The van der Waals surface area contributed by atoms with Gasteiger partial charge in [0.05, 0.1) is 18.6 Å². The van der Waals surface area contributed by atoms with Gasteiger partial charge in [0.15, 0.2) is 6.04 Å². The molecule has 16 nitrogen and oxygen atoms in total. The van der Waals surface area contributed by atoms with Crippen LogP contribution in [0, 0.1) is 0 Å². The molecular weight excluding hydrogens is 458 g/mol. The zero-order valence-corrected chi connectivity index (χ0v) is 18.5. The molecule has 0 rings (SSSR count). The van der Waals surface area contributed by atoms with Crippen molar-refractivity contribution in [2.24, 2.45) is 22.9 Å². The van der Waals surface area contributed by atoms with E-state index in [0.717, 1.165) is 6.92 Å². The lowest BCUT2D eigenvalue weighted by Gasteiger charge is -2.25. The molecule has 0 aromatic carbocycles. The second-order valence-electron chi connectivity index (χ2n) is 7.47. The predicted molar refractivity (Wildman–Crippen MR) is 114 cm³/mol. The van der Waals surface area contributed by atoms with Crippen molar-refractivity contribution in [3.8, 4) is 0 Å². The van der Waals surface area contributed by atoms with E-state index < -0.39 is 78.1 Å². The van der Waals surface area contributed by atoms with E-state index in [0.29, 0.717) is 0 Å². The van der Waals surface area contributed by atoms with Crippen LogP contribution < -0.4 is 38.9 Å². The zero-order chi connectivity index (χ0) is 26.6. The highest BCUT2D eigenvalue weighted by Gasteiger charge is 2.32. The zero-order valence-electron chi connectivity index (χ0n) is 18.5. The Morgan fingerprint density at radius 3 is 1.65 bits per heavy atom. The summed E-state index contributed by atoms with van der Waals surface area (Å²) in [5, 5.41) is 25.0. The molecule has 0 bridgehead atoms. The van der Waals surface area contributed by atoms with Crippen molar-refractivity contribution in [1.82, 2.24) is 16.0 Å². The third-order valence-corrected chi connectivity index (χ3v) is 4.44. The van der Waals surface area contributed by atoms with E-state index in [4.69, 9.17) is 28.0 Å². The van der Waals surface area contributed by atoms with Crippen molar-refractivity contribution >= 4 is 41.4 Å². The van der Waals surface area contributed by atoms with Crippen molar-refractivity contribution in [1.29, 1.82) is 0 Å². The van der Waals surface area contributed by atoms with Gasteiger partial charge in [0.2, 0.25) is 35.4 Å². The average Bonchev–Trinajstić information content (AvgIpc) is 2.70. The fourth-order valence-electron chi connectivity index (χ4n) is 2.59. The van der Waals surface area contributed by atoms with E-state index in [2.05, 4.69) is 10.6 Å². The lowest BCUT2D eigenvalue weighted by molar-refractivity contribution is -0.145. The summed E-state index contributed by atoms with van der Waals surface area (Å²) in [5.41, 5.74) is 20.8. The number of aliphatic carboxylic acids is 1. The van der Waals surface area contributed by atoms with Gasteiger partial charge in [0, 0.05) is 12.8 Å². The van der Waals surface area contributed by atoms with Crippen LogP contribution in [0.3, 0.4) is 0 Å². The number of aliphatic hydroxyl groups excluding tert-OH is 1. The number of carbonyl (C=O) groups is 7. The van der Waals surface area contributed by atoms with Crippen molar-refractivity contribution in [3.05, 3.63) is 0 Å². The summed E-state index contributed by atoms with van der Waals surface area (Å²) in [5.74, 6) is -7.19. The summed E-state index contributed by atoms with van der Waals surface area (Å²) in [6.07, 6.45) is -3.28. The smallest absolute Gasteiger partial charge is 0.328 e. The topological polar surface area (TPSA) is 300 Å². The highest BCUT2D eigenvalue weighted by Crippen LogP contribution is 2.04. The third kappa shape index (κ3) is 11.7. The molecule has 0 radical (unpaired) electrons. The number of carbonyl (C=O) groups excluding carboxylic acids is 6. The Morgan fingerprint density at radius 1 is 0.735 bits per heavy atom. The molecule has 0 aliphatic rings. The van der Waals surface area contributed by atoms with Crippen LogP contribution in [0.4, 0.5) is 0 Å². The molecule has 0 heterocycles. The summed E-state index contributed by atoms with van der Waals surface area (Å²) in [6.45, 7) is 1.09. The van der Waals surface area contributed by atoms with Gasteiger partial charge in [-0.3, -0.25) is 28.8 Å². The van der Waals surface area contributed by atoms with Gasteiger partial charge in [0.25, 0.3) is 0 Å². The fourth-order valence-corrected chi connectivity index (χ4v) is 2.59. The number of carboxylic acid groups (broad SMARTS) is 1. The predicted octanol–water partition coefficient (Wildman–Crippen LogP) is -5.36. The molecule has 0 spiro atoms. The number of hydrogen-bond acceptors (Lipinski definition) is 9. The monoisotopic (exact) mass is 489 g/mol. The molecule has 0 aromatic heterocycles. The Labute approximate surface area is 194 Å². The molecule has 0 saturated heterocycles. The molecule has 16 heteroatoms. The molecule has 0 saturated carbocycles. The van der Waals surface area contributed by atoms with Crippen LogP contribution in [0.1, 0.15) is 39.0 Å². The summed E-state index contributed by atoms with van der Waals surface area (Å²) >= 11 is 0. The Bertz CT molecular complexity index is 803. The van der Waals surface area contributed by atoms with E-state index in [1.54, 1.807) is 0 Å². The van der Waals surface area contributed by atoms with Gasteiger partial charge in [-0.15, -0.1) is 0 Å². The molecule has 192 valence electrons. The standard InChI is InChI=1S/C18H31N7O9/c1-7(26)14(18(33)34)25-17(32)10(6-13(22)29)24-16(31)9(3-5-12(21)28)23-15(30)8(19)2-4-11(20)27/h7-10,14,26H,2-6,19H2,1H3,(H2,20,27)(H2,21,28)(H2,22,29)(H,23,30)(H,24,31)(H,25,32)(H,33,34). The van der Waals surface area contributed by atoms with E-state index in [-0.39, 0.29) is 25.7 Å². The Kier molecular flexibility index (Phi) is 12.8. The second-order valence-corrected chi connectivity index (χ2v) is 7.47. The van der Waals surface area contributed by atoms with E-state index in [9.17, 15) is 38.7 Å². The first-order valence-electron chi connectivity index (χ1n) is 10.1. The number of aliphatic hydroxyl groups is 1. The minimum atomic E-state index is -1.76. The van der Waals surface area contributed by atoms with Crippen LogP contribution in [-0.4, -0.2) is 81.9 Å². The van der Waals surface area contributed by atoms with Crippen LogP contribution in [-0.2, 0) is 33.6 Å². The number of carboxylic acids is 1. The normalized spacial score (nSPS) is 15.0. The Balaban J connectivity index is 5.56. The maximum absolute atomic E-state index is 12.7. The largest absolute Gasteiger partial charge is 0.480 e. The van der Waals surface area contributed by atoms with Crippen LogP contribution in [0.2, 0.25) is 0 Å². The highest BCUT2D eigenvalue weighted by molar-refractivity contribution is 5.96. The van der Waals surface area contributed by atoms with Crippen molar-refractivity contribution in [2.75, 3.05) is 0 Å². The number of nitrogens with one attached hydrogen (secondary N) is 3. The van der Waals surface area contributed by atoms with Gasteiger partial charge in [-0.1, -0.05) is 0 Å². The average molecular weight is 489 g/mol. The second kappa shape index (κ2) is 14.4. The van der Waals surface area contributed by atoms with Gasteiger partial charge in [-0.2, -0.15) is 0 Å². The van der Waals surface area contributed by atoms with Gasteiger partial charge in [0.1, 0.15) is 12.1 Å². The molecule has 34 heavy (non-hydrogen) atoms. The molecule has 0 fully saturated rings. The number of rotatable bonds is 16. The molecule has 0 aromatic rings. The first-order valence-corrected chi connectivity index (χ1v) is 10.1. The van der Waals surface area contributed by atoms with Crippen molar-refractivity contribution < 1.29 is 43.8 Å². The summed E-state index contributed by atoms with van der Waals surface area (Å²) < 4.78 is 0. The maximum atomic E-state index is 12.7. The lowest BCUT2D eigenvalue weighted by Crippen LogP contribution is -2.59. The minimum Gasteiger partial charge on any atom is -0.480 e. The fraction of sp³-hybridized carbons (Fsp3) is 0.611. The van der Waals surface area contributed by atoms with Crippen molar-refractivity contribution in [2.45, 2.75) is 69.3 Å². The van der Waals surface area contributed by atoms with E-state index >= 15 is 0 Å². The SMILES string of the molecule is CC(O)C(NC(=O)C(CC(N)=O)NC(=O)C(CCC(N)=O)NC(=O)C(N)CCC(N)=O)C(=O)O. The van der Waals surface area contributed by atoms with Crippen LogP contribution in [0.25, 0.3) is 0 Å². The summed E-state index contributed by atoms with van der Waals surface area (Å²) in [4.78, 5) is 82.1. The first-order chi connectivity index (χ1) is 15.6. The van der Waals surface area contributed by atoms with Gasteiger partial charge >= 0.3 is 5.97 Å². The minimum absolute atomic E-state index is 0.131. The number of primary amides is 3. The molecule has 5 atom stereocenters. The number of hydrogen-bond donors (Lipinski definition) is 9. The molecule has 6 amide bonds. The molecular formula is C18H31N7O9. The lowest BCUT2D eigenvalue weighted by atomic mass is 10.1. The molecule has 13 N–H and O–H groups in total. The summed E-state index contributed by atoms with van der Waals surface area (Å²) in [7, 11) is 0. The summed E-state index contributed by atoms with van der Waals surface area (Å²) in [6, 6.07) is -6.12. The quantitative estimate of drug-likeness (QED) is 0.0990.